The number of carbonyl (C=O) groups excluding carboxylic acids is 1. The van der Waals surface area contributed by atoms with Crippen LogP contribution in [0.1, 0.15) is 13.8 Å². The van der Waals surface area contributed by atoms with E-state index in [0.29, 0.717) is 17.4 Å². The Balaban J connectivity index is 2.58. The molecule has 3 nitrogen and oxygen atoms in total. The molecular formula is C9H17BrN2O. The Bertz CT molecular complexity index is 186. The third-order valence-corrected chi connectivity index (χ3v) is 3.31. The number of rotatable bonds is 1. The van der Waals surface area contributed by atoms with Crippen molar-refractivity contribution in [3.05, 3.63) is 0 Å². The summed E-state index contributed by atoms with van der Waals surface area (Å²) in [6.45, 7) is 6.02. The minimum atomic E-state index is 0.201. The first-order valence-corrected chi connectivity index (χ1v) is 5.74. The van der Waals surface area contributed by atoms with Crippen LogP contribution in [0, 0.1) is 0 Å². The van der Waals surface area contributed by atoms with Gasteiger partial charge >= 0.3 is 0 Å². The van der Waals surface area contributed by atoms with Gasteiger partial charge in [-0.1, -0.05) is 15.9 Å². The van der Waals surface area contributed by atoms with Crippen LogP contribution in [0.3, 0.4) is 0 Å². The van der Waals surface area contributed by atoms with Crippen molar-refractivity contribution >= 4 is 21.8 Å². The lowest BCUT2D eigenvalue weighted by molar-refractivity contribution is -0.132. The van der Waals surface area contributed by atoms with Gasteiger partial charge in [-0.05, 0) is 20.9 Å². The van der Waals surface area contributed by atoms with E-state index in [1.165, 1.54) is 0 Å². The number of hydrogen-bond donors (Lipinski definition) is 0. The second kappa shape index (κ2) is 4.42. The third-order valence-electron chi connectivity index (χ3n) is 2.83. The summed E-state index contributed by atoms with van der Waals surface area (Å²) in [6.07, 6.45) is 0. The van der Waals surface area contributed by atoms with Gasteiger partial charge in [-0.3, -0.25) is 9.69 Å². The molecule has 1 aliphatic rings. The molecule has 0 bridgehead atoms. The molecule has 0 aliphatic carbocycles. The Kier molecular flexibility index (Phi) is 3.74. The van der Waals surface area contributed by atoms with E-state index in [2.05, 4.69) is 41.7 Å². The number of likely N-dealkylation sites (N-methyl/N-ethyl adjacent to an activating group) is 1. The standard InChI is InChI=1S/C9H17BrN2O/c1-7-5-12(9(13)4-10)6-8(2)11(7)3/h7-8H,4-6H2,1-3H3/t7-,8+. The van der Waals surface area contributed by atoms with Crippen molar-refractivity contribution in [3.63, 3.8) is 0 Å². The van der Waals surface area contributed by atoms with Crippen molar-refractivity contribution in [1.82, 2.24) is 9.80 Å². The molecule has 1 aliphatic heterocycles. The molecule has 1 rings (SSSR count). The van der Waals surface area contributed by atoms with Crippen molar-refractivity contribution in [1.29, 1.82) is 0 Å². The molecule has 0 unspecified atom stereocenters. The van der Waals surface area contributed by atoms with Gasteiger partial charge in [-0.25, -0.2) is 0 Å². The fourth-order valence-corrected chi connectivity index (χ4v) is 2.05. The number of alkyl halides is 1. The molecule has 0 radical (unpaired) electrons. The number of nitrogens with zero attached hydrogens (tertiary/aromatic N) is 2. The maximum atomic E-state index is 11.4. The summed E-state index contributed by atoms with van der Waals surface area (Å²) in [5.74, 6) is 0.201. The summed E-state index contributed by atoms with van der Waals surface area (Å²) in [5, 5.41) is 0.441. The largest absolute Gasteiger partial charge is 0.339 e. The van der Waals surface area contributed by atoms with Gasteiger partial charge in [0.1, 0.15) is 0 Å². The van der Waals surface area contributed by atoms with Gasteiger partial charge in [0.15, 0.2) is 0 Å². The molecule has 0 aromatic rings. The summed E-state index contributed by atoms with van der Waals surface area (Å²) < 4.78 is 0. The first kappa shape index (κ1) is 11.0. The Morgan fingerprint density at radius 2 is 1.85 bits per heavy atom. The van der Waals surface area contributed by atoms with Gasteiger partial charge in [0.25, 0.3) is 0 Å². The molecule has 13 heavy (non-hydrogen) atoms. The van der Waals surface area contributed by atoms with Crippen molar-refractivity contribution < 1.29 is 4.79 Å². The fourth-order valence-electron chi connectivity index (χ4n) is 1.69. The van der Waals surface area contributed by atoms with Crippen LogP contribution in [0.2, 0.25) is 0 Å². The fraction of sp³-hybridized carbons (Fsp3) is 0.889. The van der Waals surface area contributed by atoms with Gasteiger partial charge < -0.3 is 4.90 Å². The van der Waals surface area contributed by atoms with Crippen LogP contribution in [0.5, 0.6) is 0 Å². The molecule has 0 aromatic heterocycles. The van der Waals surface area contributed by atoms with Crippen molar-refractivity contribution in [2.75, 3.05) is 25.5 Å². The molecule has 0 N–H and O–H groups in total. The third kappa shape index (κ3) is 2.44. The normalized spacial score (nSPS) is 30.6. The number of carbonyl (C=O) groups is 1. The van der Waals surface area contributed by atoms with Crippen LogP contribution >= 0.6 is 15.9 Å². The average molecular weight is 249 g/mol. The summed E-state index contributed by atoms with van der Waals surface area (Å²) in [7, 11) is 2.12. The van der Waals surface area contributed by atoms with E-state index in [9.17, 15) is 4.79 Å². The summed E-state index contributed by atoms with van der Waals surface area (Å²) in [6, 6.07) is 0.929. The molecule has 1 amide bonds. The lowest BCUT2D eigenvalue weighted by atomic mass is 10.1. The first-order chi connectivity index (χ1) is 6.06. The highest BCUT2D eigenvalue weighted by molar-refractivity contribution is 9.09. The van der Waals surface area contributed by atoms with Crippen LogP contribution in [-0.4, -0.2) is 53.3 Å². The molecule has 76 valence electrons. The SMILES string of the molecule is C[C@@H]1CN(C(=O)CBr)C[C@H](C)N1C. The first-order valence-electron chi connectivity index (χ1n) is 4.62. The molecule has 1 saturated heterocycles. The number of amides is 1. The molecular weight excluding hydrogens is 232 g/mol. The second-order valence-electron chi connectivity index (χ2n) is 3.80. The maximum Gasteiger partial charge on any atom is 0.233 e. The van der Waals surface area contributed by atoms with Gasteiger partial charge in [0, 0.05) is 25.2 Å². The predicted molar refractivity (Wildman–Crippen MR) is 57.1 cm³/mol. The number of piperazine rings is 1. The predicted octanol–water partition coefficient (Wildman–Crippen LogP) is 0.932. The Labute approximate surface area is 88.2 Å². The summed E-state index contributed by atoms with van der Waals surface area (Å²) in [5.41, 5.74) is 0. The number of halogens is 1. The van der Waals surface area contributed by atoms with E-state index in [1.54, 1.807) is 0 Å². The lowest BCUT2D eigenvalue weighted by Crippen LogP contribution is -2.56. The minimum Gasteiger partial charge on any atom is -0.339 e. The van der Waals surface area contributed by atoms with Crippen molar-refractivity contribution in [3.8, 4) is 0 Å². The minimum absolute atomic E-state index is 0.201. The van der Waals surface area contributed by atoms with E-state index in [0.717, 1.165) is 13.1 Å². The molecule has 4 heteroatoms. The van der Waals surface area contributed by atoms with Crippen molar-refractivity contribution in [2.45, 2.75) is 25.9 Å². The molecule has 1 heterocycles. The van der Waals surface area contributed by atoms with Crippen LogP contribution in [-0.2, 0) is 4.79 Å². The second-order valence-corrected chi connectivity index (χ2v) is 4.36. The molecule has 2 atom stereocenters. The van der Waals surface area contributed by atoms with E-state index in [1.807, 2.05) is 4.90 Å². The van der Waals surface area contributed by atoms with Crippen molar-refractivity contribution in [2.24, 2.45) is 0 Å². The quantitative estimate of drug-likeness (QED) is 0.645. The zero-order valence-corrected chi connectivity index (χ0v) is 10.0. The molecule has 0 saturated carbocycles. The van der Waals surface area contributed by atoms with Gasteiger partial charge in [-0.2, -0.15) is 0 Å². The molecule has 0 spiro atoms. The molecule has 1 fully saturated rings. The highest BCUT2D eigenvalue weighted by atomic mass is 79.9. The highest BCUT2D eigenvalue weighted by Crippen LogP contribution is 2.13. The zero-order chi connectivity index (χ0) is 10.0. The monoisotopic (exact) mass is 248 g/mol. The van der Waals surface area contributed by atoms with Crippen LogP contribution in [0.4, 0.5) is 0 Å². The lowest BCUT2D eigenvalue weighted by Gasteiger charge is -2.42. The van der Waals surface area contributed by atoms with Crippen LogP contribution < -0.4 is 0 Å². The summed E-state index contributed by atoms with van der Waals surface area (Å²) >= 11 is 3.20. The zero-order valence-electron chi connectivity index (χ0n) is 8.46. The topological polar surface area (TPSA) is 23.6 Å². The van der Waals surface area contributed by atoms with Gasteiger partial charge in [0.05, 0.1) is 5.33 Å². The van der Waals surface area contributed by atoms with Crippen LogP contribution in [0.25, 0.3) is 0 Å². The van der Waals surface area contributed by atoms with Gasteiger partial charge in [-0.15, -0.1) is 0 Å². The Morgan fingerprint density at radius 1 is 1.38 bits per heavy atom. The molecule has 0 aromatic carbocycles. The van der Waals surface area contributed by atoms with E-state index < -0.39 is 0 Å². The highest BCUT2D eigenvalue weighted by Gasteiger charge is 2.28. The Morgan fingerprint density at radius 3 is 2.23 bits per heavy atom. The van der Waals surface area contributed by atoms with Crippen LogP contribution in [0.15, 0.2) is 0 Å². The average Bonchev–Trinajstić information content (AvgIpc) is 2.12. The number of hydrogen-bond acceptors (Lipinski definition) is 2. The van der Waals surface area contributed by atoms with Gasteiger partial charge in [0.2, 0.25) is 5.91 Å². The maximum absolute atomic E-state index is 11.4. The van der Waals surface area contributed by atoms with E-state index >= 15 is 0 Å². The Hall–Kier alpha value is -0.0900. The smallest absolute Gasteiger partial charge is 0.233 e. The summed E-state index contributed by atoms with van der Waals surface area (Å²) in [4.78, 5) is 15.7. The van der Waals surface area contributed by atoms with E-state index in [4.69, 9.17) is 0 Å². The van der Waals surface area contributed by atoms with E-state index in [-0.39, 0.29) is 5.91 Å².